The number of likely N-dealkylation sites (tertiary alicyclic amines) is 1. The molecule has 0 aromatic heterocycles. The third kappa shape index (κ3) is 4.03. The van der Waals surface area contributed by atoms with Gasteiger partial charge in [-0.1, -0.05) is 6.58 Å². The van der Waals surface area contributed by atoms with Crippen molar-refractivity contribution in [3.8, 4) is 0 Å². The minimum Gasteiger partial charge on any atom is -0.477 e. The molecule has 1 aliphatic carbocycles. The summed E-state index contributed by atoms with van der Waals surface area (Å²) in [4.78, 5) is 16.3. The van der Waals surface area contributed by atoms with Gasteiger partial charge in [0.15, 0.2) is 5.71 Å². The molecule has 0 spiro atoms. The first-order valence-corrected chi connectivity index (χ1v) is 6.73. The lowest BCUT2D eigenvalue weighted by atomic mass is 10.1. The Morgan fingerprint density at radius 2 is 2.14 bits per heavy atom. The van der Waals surface area contributed by atoms with Crippen molar-refractivity contribution in [2.45, 2.75) is 25.7 Å². The van der Waals surface area contributed by atoms with E-state index >= 15 is 0 Å². The number of aliphatic imine (C=N–C) groups is 1. The van der Waals surface area contributed by atoms with Crippen LogP contribution < -0.4 is 0 Å². The van der Waals surface area contributed by atoms with E-state index in [1.807, 2.05) is 0 Å². The molecule has 1 N–H and O–H groups in total. The maximum atomic E-state index is 12.9. The van der Waals surface area contributed by atoms with Crippen LogP contribution in [0.2, 0.25) is 0 Å². The quantitative estimate of drug-likeness (QED) is 0.579. The zero-order valence-corrected chi connectivity index (χ0v) is 11.8. The van der Waals surface area contributed by atoms with Gasteiger partial charge >= 0.3 is 5.97 Å². The van der Waals surface area contributed by atoms with Crippen LogP contribution in [0, 0.1) is 5.92 Å². The maximum absolute atomic E-state index is 12.9. The predicted molar refractivity (Wildman–Crippen MR) is 73.2 cm³/mol. The Hall–Kier alpha value is -1.92. The van der Waals surface area contributed by atoms with Crippen LogP contribution in [0.5, 0.6) is 0 Å². The molecule has 1 aliphatic heterocycles. The van der Waals surface area contributed by atoms with Crippen LogP contribution in [0.15, 0.2) is 29.2 Å². The molecule has 0 aromatic rings. The summed E-state index contributed by atoms with van der Waals surface area (Å²) < 4.78 is 31.4. The van der Waals surface area contributed by atoms with Crippen LogP contribution in [0.1, 0.15) is 19.8 Å². The minimum atomic E-state index is -2.71. The molecule has 0 aromatic carbocycles. The summed E-state index contributed by atoms with van der Waals surface area (Å²) in [5.41, 5.74) is 0.148. The SMILES string of the molecule is C=CC(=N/C(OCC1CC1)=C(\C)N1CC(F)(F)C1)C(=O)O. The second-order valence-electron chi connectivity index (χ2n) is 5.36. The highest BCUT2D eigenvalue weighted by molar-refractivity contribution is 6.40. The molecule has 2 fully saturated rings. The summed E-state index contributed by atoms with van der Waals surface area (Å²) in [6.45, 7) is 4.60. The number of hydrogen-bond acceptors (Lipinski definition) is 4. The maximum Gasteiger partial charge on any atom is 0.354 e. The molecule has 7 heteroatoms. The molecule has 1 saturated heterocycles. The number of nitrogens with zero attached hydrogens (tertiary/aromatic N) is 2. The first kappa shape index (κ1) is 15.5. The summed E-state index contributed by atoms with van der Waals surface area (Å²) in [5.74, 6) is -3.42. The van der Waals surface area contributed by atoms with E-state index in [1.54, 1.807) is 6.92 Å². The number of alkyl halides is 2. The van der Waals surface area contributed by atoms with E-state index in [-0.39, 0.29) is 11.6 Å². The smallest absolute Gasteiger partial charge is 0.354 e. The van der Waals surface area contributed by atoms with Crippen molar-refractivity contribution >= 4 is 11.7 Å². The van der Waals surface area contributed by atoms with Crippen molar-refractivity contribution in [3.63, 3.8) is 0 Å². The van der Waals surface area contributed by atoms with Gasteiger partial charge in [0.2, 0.25) is 5.88 Å². The highest BCUT2D eigenvalue weighted by Gasteiger charge is 2.44. The normalized spacial score (nSPS) is 22.2. The van der Waals surface area contributed by atoms with Crippen molar-refractivity contribution in [2.24, 2.45) is 10.9 Å². The Labute approximate surface area is 121 Å². The Balaban J connectivity index is 2.17. The van der Waals surface area contributed by atoms with Crippen molar-refractivity contribution in [1.29, 1.82) is 0 Å². The number of ether oxygens (including phenoxy) is 1. The topological polar surface area (TPSA) is 62.1 Å². The van der Waals surface area contributed by atoms with Gasteiger partial charge in [-0.2, -0.15) is 0 Å². The molecule has 0 atom stereocenters. The number of aliphatic carboxylic acids is 1. The standard InChI is InChI=1S/C14H18F2N2O3/c1-3-11(13(19)20)17-12(21-6-10-4-5-10)9(2)18-7-14(15,16)8-18/h3,10H,1,4-8H2,2H3,(H,19,20)/b12-9-,17-11?. The number of hydrogen-bond donors (Lipinski definition) is 1. The lowest BCUT2D eigenvalue weighted by Gasteiger charge is -2.41. The highest BCUT2D eigenvalue weighted by atomic mass is 19.3. The molecule has 2 aliphatic rings. The number of carboxylic acids is 1. The van der Waals surface area contributed by atoms with Crippen molar-refractivity contribution < 1.29 is 23.4 Å². The first-order valence-electron chi connectivity index (χ1n) is 6.73. The summed E-state index contributed by atoms with van der Waals surface area (Å²) >= 11 is 0. The fourth-order valence-electron chi connectivity index (χ4n) is 1.87. The third-order valence-electron chi connectivity index (χ3n) is 3.42. The molecule has 1 saturated carbocycles. The average Bonchev–Trinajstić information content (AvgIpc) is 3.19. The fourth-order valence-corrected chi connectivity index (χ4v) is 1.87. The molecule has 0 unspecified atom stereocenters. The van der Waals surface area contributed by atoms with Crippen LogP contribution in [0.3, 0.4) is 0 Å². The van der Waals surface area contributed by atoms with E-state index in [0.29, 0.717) is 18.2 Å². The molecule has 0 radical (unpaired) electrons. The summed E-state index contributed by atoms with van der Waals surface area (Å²) in [6, 6.07) is 0. The van der Waals surface area contributed by atoms with Crippen LogP contribution in [0.25, 0.3) is 0 Å². The van der Waals surface area contributed by atoms with Crippen molar-refractivity contribution in [3.05, 3.63) is 24.2 Å². The highest BCUT2D eigenvalue weighted by Crippen LogP contribution is 2.33. The number of halogens is 2. The molecule has 0 amide bonds. The van der Waals surface area contributed by atoms with Gasteiger partial charge in [-0.3, -0.25) is 0 Å². The largest absolute Gasteiger partial charge is 0.477 e. The van der Waals surface area contributed by atoms with E-state index in [2.05, 4.69) is 11.6 Å². The lowest BCUT2D eigenvalue weighted by Crippen LogP contribution is -2.55. The Morgan fingerprint density at radius 3 is 2.57 bits per heavy atom. The van der Waals surface area contributed by atoms with Gasteiger partial charge in [0, 0.05) is 0 Å². The number of carbonyl (C=O) groups is 1. The summed E-state index contributed by atoms with van der Waals surface area (Å²) in [5, 5.41) is 8.97. The average molecular weight is 300 g/mol. The molecule has 116 valence electrons. The monoisotopic (exact) mass is 300 g/mol. The third-order valence-corrected chi connectivity index (χ3v) is 3.42. The van der Waals surface area contributed by atoms with Crippen LogP contribution in [-0.2, 0) is 9.53 Å². The van der Waals surface area contributed by atoms with E-state index < -0.39 is 25.0 Å². The fraction of sp³-hybridized carbons (Fsp3) is 0.571. The van der Waals surface area contributed by atoms with Gasteiger partial charge in [-0.15, -0.1) is 0 Å². The van der Waals surface area contributed by atoms with E-state index in [4.69, 9.17) is 9.84 Å². The van der Waals surface area contributed by atoms with Gasteiger partial charge in [-0.05, 0) is 31.8 Å². The van der Waals surface area contributed by atoms with Gasteiger partial charge < -0.3 is 14.7 Å². The van der Waals surface area contributed by atoms with Gasteiger partial charge in [0.05, 0.1) is 25.4 Å². The first-order chi connectivity index (χ1) is 9.82. The molecular formula is C14H18F2N2O3. The summed E-state index contributed by atoms with van der Waals surface area (Å²) in [6.07, 6.45) is 3.22. The van der Waals surface area contributed by atoms with Gasteiger partial charge in [0.25, 0.3) is 5.92 Å². The molecule has 5 nitrogen and oxygen atoms in total. The zero-order chi connectivity index (χ0) is 15.6. The second-order valence-corrected chi connectivity index (χ2v) is 5.36. The van der Waals surface area contributed by atoms with E-state index in [9.17, 15) is 13.6 Å². The van der Waals surface area contributed by atoms with E-state index in [1.165, 1.54) is 4.90 Å². The molecule has 21 heavy (non-hydrogen) atoms. The summed E-state index contributed by atoms with van der Waals surface area (Å²) in [7, 11) is 0. The van der Waals surface area contributed by atoms with Crippen LogP contribution in [0.4, 0.5) is 8.78 Å². The Morgan fingerprint density at radius 1 is 1.52 bits per heavy atom. The predicted octanol–water partition coefficient (Wildman–Crippen LogP) is 2.26. The van der Waals surface area contributed by atoms with Crippen molar-refractivity contribution in [2.75, 3.05) is 19.7 Å². The second kappa shape index (κ2) is 5.83. The molecule has 0 bridgehead atoms. The number of rotatable bonds is 7. The molecular weight excluding hydrogens is 282 g/mol. The van der Waals surface area contributed by atoms with E-state index in [0.717, 1.165) is 18.9 Å². The minimum absolute atomic E-state index is 0.0784. The number of carboxylic acid groups (broad SMARTS) is 1. The van der Waals surface area contributed by atoms with Crippen molar-refractivity contribution in [1.82, 2.24) is 4.90 Å². The lowest BCUT2D eigenvalue weighted by molar-refractivity contribution is -0.129. The van der Waals surface area contributed by atoms with Crippen LogP contribution >= 0.6 is 0 Å². The van der Waals surface area contributed by atoms with Gasteiger partial charge in [-0.25, -0.2) is 18.6 Å². The van der Waals surface area contributed by atoms with Gasteiger partial charge in [0.1, 0.15) is 0 Å². The zero-order valence-electron chi connectivity index (χ0n) is 11.8. The molecule has 1 heterocycles. The molecule has 2 rings (SSSR count). The Bertz CT molecular complexity index is 502. The Kier molecular flexibility index (Phi) is 4.29. The number of allylic oxidation sites excluding steroid dienone is 1. The van der Waals surface area contributed by atoms with Crippen LogP contribution in [-0.4, -0.2) is 47.3 Å².